The Kier molecular flexibility index (Phi) is 5.19. The zero-order chi connectivity index (χ0) is 13.5. The summed E-state index contributed by atoms with van der Waals surface area (Å²) in [5, 5.41) is 21.4. The van der Waals surface area contributed by atoms with Crippen LogP contribution in [0.4, 0.5) is 15.8 Å². The van der Waals surface area contributed by atoms with Gasteiger partial charge in [-0.25, -0.2) is 4.39 Å². The number of aliphatic hydroxyl groups is 1. The minimum Gasteiger partial charge on any atom is -0.396 e. The highest BCUT2D eigenvalue weighted by Crippen LogP contribution is 2.20. The highest BCUT2D eigenvalue weighted by molar-refractivity contribution is 5.90. The Balaban J connectivity index is 2.66. The number of halogens is 1. The molecule has 1 aromatic rings. The fourth-order valence-electron chi connectivity index (χ4n) is 1.37. The molecule has 0 radical (unpaired) electrons. The lowest BCUT2D eigenvalue weighted by Crippen LogP contribution is -2.11. The number of benzene rings is 1. The number of rotatable bonds is 6. The van der Waals surface area contributed by atoms with Gasteiger partial charge >= 0.3 is 0 Å². The number of nitrogens with one attached hydrogen (secondary N) is 1. The molecule has 0 unspecified atom stereocenters. The Hall–Kier alpha value is -2.02. The van der Waals surface area contributed by atoms with E-state index in [0.29, 0.717) is 12.8 Å². The monoisotopic (exact) mass is 256 g/mol. The molecule has 18 heavy (non-hydrogen) atoms. The standard InChI is InChI=1S/C11H13FN2O4/c12-8-5-9(7-10(6-8)14(17)18)13-11(16)3-1-2-4-15/h5-7,15H,1-4H2,(H,13,16). The van der Waals surface area contributed by atoms with E-state index in [9.17, 15) is 19.3 Å². The second kappa shape index (κ2) is 6.65. The minimum absolute atomic E-state index is 0.00127. The van der Waals surface area contributed by atoms with Crippen molar-refractivity contribution in [1.82, 2.24) is 0 Å². The first-order valence-corrected chi connectivity index (χ1v) is 5.38. The van der Waals surface area contributed by atoms with Gasteiger partial charge in [0.25, 0.3) is 5.69 Å². The lowest BCUT2D eigenvalue weighted by molar-refractivity contribution is -0.385. The molecule has 0 bridgehead atoms. The summed E-state index contributed by atoms with van der Waals surface area (Å²) in [5.74, 6) is -1.15. The van der Waals surface area contributed by atoms with Crippen LogP contribution in [-0.2, 0) is 4.79 Å². The SMILES string of the molecule is O=C(CCCCO)Nc1cc(F)cc([N+](=O)[O-])c1. The Morgan fingerprint density at radius 1 is 1.39 bits per heavy atom. The normalized spacial score (nSPS) is 10.1. The van der Waals surface area contributed by atoms with E-state index in [-0.39, 0.29) is 24.6 Å². The molecule has 0 aromatic heterocycles. The van der Waals surface area contributed by atoms with Crippen LogP contribution in [0.25, 0.3) is 0 Å². The smallest absolute Gasteiger partial charge is 0.274 e. The molecular weight excluding hydrogens is 243 g/mol. The van der Waals surface area contributed by atoms with Crippen molar-refractivity contribution in [2.45, 2.75) is 19.3 Å². The second-order valence-corrected chi connectivity index (χ2v) is 3.68. The molecule has 0 heterocycles. The molecule has 0 atom stereocenters. The van der Waals surface area contributed by atoms with E-state index >= 15 is 0 Å². The van der Waals surface area contributed by atoms with Crippen molar-refractivity contribution in [3.05, 3.63) is 34.1 Å². The first kappa shape index (κ1) is 14.0. The molecule has 0 aliphatic rings. The summed E-state index contributed by atoms with van der Waals surface area (Å²) in [6, 6.07) is 2.88. The summed E-state index contributed by atoms with van der Waals surface area (Å²) < 4.78 is 13.1. The van der Waals surface area contributed by atoms with Crippen LogP contribution >= 0.6 is 0 Å². The fraction of sp³-hybridized carbons (Fsp3) is 0.364. The van der Waals surface area contributed by atoms with Crippen molar-refractivity contribution in [2.24, 2.45) is 0 Å². The summed E-state index contributed by atoms with van der Waals surface area (Å²) >= 11 is 0. The molecule has 98 valence electrons. The average Bonchev–Trinajstić information content (AvgIpc) is 2.28. The Morgan fingerprint density at radius 3 is 2.72 bits per heavy atom. The number of nitro benzene ring substituents is 1. The molecule has 0 saturated carbocycles. The van der Waals surface area contributed by atoms with E-state index < -0.39 is 16.4 Å². The molecular formula is C11H13FN2O4. The predicted octanol–water partition coefficient (Wildman–Crippen LogP) is 1.83. The van der Waals surface area contributed by atoms with Gasteiger partial charge in [0.1, 0.15) is 5.82 Å². The third-order valence-corrected chi connectivity index (χ3v) is 2.19. The Labute approximate surface area is 103 Å². The number of unbranched alkanes of at least 4 members (excludes halogenated alkanes) is 1. The molecule has 0 spiro atoms. The molecule has 1 rings (SSSR count). The van der Waals surface area contributed by atoms with Gasteiger partial charge < -0.3 is 10.4 Å². The molecule has 0 aliphatic heterocycles. The van der Waals surface area contributed by atoms with Crippen LogP contribution in [-0.4, -0.2) is 22.5 Å². The molecule has 2 N–H and O–H groups in total. The third-order valence-electron chi connectivity index (χ3n) is 2.19. The molecule has 6 nitrogen and oxygen atoms in total. The van der Waals surface area contributed by atoms with Crippen molar-refractivity contribution in [1.29, 1.82) is 0 Å². The highest BCUT2D eigenvalue weighted by atomic mass is 19.1. The summed E-state index contributed by atoms with van der Waals surface area (Å²) in [6.07, 6.45) is 1.17. The largest absolute Gasteiger partial charge is 0.396 e. The van der Waals surface area contributed by atoms with Gasteiger partial charge in [0.05, 0.1) is 16.7 Å². The molecule has 0 aliphatic carbocycles. The van der Waals surface area contributed by atoms with Gasteiger partial charge in [-0.2, -0.15) is 0 Å². The molecule has 0 fully saturated rings. The Bertz CT molecular complexity index is 451. The maximum Gasteiger partial charge on any atom is 0.274 e. The number of non-ortho nitro benzene ring substituents is 1. The number of hydrogen-bond acceptors (Lipinski definition) is 4. The number of anilines is 1. The van der Waals surface area contributed by atoms with Gasteiger partial charge in [-0.05, 0) is 18.9 Å². The maximum absolute atomic E-state index is 13.1. The molecule has 1 amide bonds. The van der Waals surface area contributed by atoms with Crippen molar-refractivity contribution in [2.75, 3.05) is 11.9 Å². The fourth-order valence-corrected chi connectivity index (χ4v) is 1.37. The van der Waals surface area contributed by atoms with E-state index in [0.717, 1.165) is 18.2 Å². The van der Waals surface area contributed by atoms with E-state index in [1.807, 2.05) is 0 Å². The van der Waals surface area contributed by atoms with Crippen molar-refractivity contribution < 1.29 is 19.2 Å². The van der Waals surface area contributed by atoms with Crippen LogP contribution in [0.1, 0.15) is 19.3 Å². The second-order valence-electron chi connectivity index (χ2n) is 3.68. The van der Waals surface area contributed by atoms with Crippen molar-refractivity contribution >= 4 is 17.3 Å². The quantitative estimate of drug-likeness (QED) is 0.461. The van der Waals surface area contributed by atoms with Gasteiger partial charge in [-0.1, -0.05) is 0 Å². The number of aliphatic hydroxyl groups excluding tert-OH is 1. The van der Waals surface area contributed by atoms with E-state index in [1.54, 1.807) is 0 Å². The summed E-state index contributed by atoms with van der Waals surface area (Å²) in [6.45, 7) is -0.00127. The van der Waals surface area contributed by atoms with Crippen LogP contribution in [0.2, 0.25) is 0 Å². The van der Waals surface area contributed by atoms with Gasteiger partial charge in [0.2, 0.25) is 5.91 Å². The van der Waals surface area contributed by atoms with E-state index in [4.69, 9.17) is 5.11 Å². The first-order valence-electron chi connectivity index (χ1n) is 5.38. The van der Waals surface area contributed by atoms with Gasteiger partial charge in [-0.3, -0.25) is 14.9 Å². The summed E-state index contributed by atoms with van der Waals surface area (Å²) in [7, 11) is 0. The summed E-state index contributed by atoms with van der Waals surface area (Å²) in [5.41, 5.74) is -0.364. The number of hydrogen-bond donors (Lipinski definition) is 2. The van der Waals surface area contributed by atoms with Crippen LogP contribution in [0.15, 0.2) is 18.2 Å². The van der Waals surface area contributed by atoms with Crippen LogP contribution in [0.3, 0.4) is 0 Å². The van der Waals surface area contributed by atoms with Crippen molar-refractivity contribution in [3.63, 3.8) is 0 Å². The van der Waals surface area contributed by atoms with Crippen molar-refractivity contribution in [3.8, 4) is 0 Å². The third kappa shape index (κ3) is 4.46. The highest BCUT2D eigenvalue weighted by Gasteiger charge is 2.11. The number of nitro groups is 1. The number of carbonyl (C=O) groups is 1. The first-order chi connectivity index (χ1) is 8.52. The topological polar surface area (TPSA) is 92.5 Å². The molecule has 1 aromatic carbocycles. The zero-order valence-electron chi connectivity index (χ0n) is 9.56. The lowest BCUT2D eigenvalue weighted by Gasteiger charge is -2.05. The van der Waals surface area contributed by atoms with E-state index in [2.05, 4.69) is 5.32 Å². The zero-order valence-corrected chi connectivity index (χ0v) is 9.56. The average molecular weight is 256 g/mol. The minimum atomic E-state index is -0.783. The molecule has 7 heteroatoms. The van der Waals surface area contributed by atoms with Gasteiger partial charge in [0.15, 0.2) is 0 Å². The summed E-state index contributed by atoms with van der Waals surface area (Å²) in [4.78, 5) is 21.2. The van der Waals surface area contributed by atoms with Gasteiger partial charge in [-0.15, -0.1) is 0 Å². The number of carbonyl (C=O) groups excluding carboxylic acids is 1. The number of nitrogens with zero attached hydrogens (tertiary/aromatic N) is 1. The predicted molar refractivity (Wildman–Crippen MR) is 62.6 cm³/mol. The Morgan fingerprint density at radius 2 is 2.11 bits per heavy atom. The van der Waals surface area contributed by atoms with E-state index in [1.165, 1.54) is 0 Å². The maximum atomic E-state index is 13.1. The van der Waals surface area contributed by atoms with Crippen LogP contribution < -0.4 is 5.32 Å². The lowest BCUT2D eigenvalue weighted by atomic mass is 10.2. The van der Waals surface area contributed by atoms with Crippen LogP contribution in [0.5, 0.6) is 0 Å². The number of amides is 1. The van der Waals surface area contributed by atoms with Gasteiger partial charge in [0, 0.05) is 19.1 Å². The molecule has 0 saturated heterocycles. The van der Waals surface area contributed by atoms with Crippen LogP contribution in [0, 0.1) is 15.9 Å².